The minimum atomic E-state index is -6.00. The fourth-order valence-corrected chi connectivity index (χ4v) is 4.56. The van der Waals surface area contributed by atoms with Gasteiger partial charge in [-0.1, -0.05) is 29.3 Å². The summed E-state index contributed by atoms with van der Waals surface area (Å²) in [4.78, 5) is 25.5. The number of nitrogens with one attached hydrogen (secondary N) is 1. The van der Waals surface area contributed by atoms with Crippen molar-refractivity contribution in [1.29, 1.82) is 0 Å². The van der Waals surface area contributed by atoms with Crippen LogP contribution in [-0.2, 0) is 19.1 Å². The summed E-state index contributed by atoms with van der Waals surface area (Å²) in [6.45, 7) is 1.29. The van der Waals surface area contributed by atoms with Gasteiger partial charge in [0.05, 0.1) is 13.2 Å². The lowest BCUT2D eigenvalue weighted by Crippen LogP contribution is -2.81. The highest BCUT2D eigenvalue weighted by molar-refractivity contribution is 6.36. The van der Waals surface area contributed by atoms with Crippen LogP contribution in [0.25, 0.3) is 0 Å². The fraction of sp³-hybridized carbons (Fsp3) is 0.579. The second kappa shape index (κ2) is 9.69. The highest BCUT2D eigenvalue weighted by Crippen LogP contribution is 2.57. The van der Waals surface area contributed by atoms with Crippen LogP contribution in [0.4, 0.5) is 26.3 Å². The van der Waals surface area contributed by atoms with E-state index in [1.54, 1.807) is 0 Å². The first-order valence-corrected chi connectivity index (χ1v) is 10.4. The number of benzene rings is 1. The molecular formula is C19H19Cl2F6NO6. The number of piperidine rings is 1. The van der Waals surface area contributed by atoms with Crippen molar-refractivity contribution < 1.29 is 55.6 Å². The summed E-state index contributed by atoms with van der Waals surface area (Å²) in [5, 5.41) is 20.7. The van der Waals surface area contributed by atoms with Crippen LogP contribution in [-0.4, -0.2) is 59.2 Å². The zero-order valence-electron chi connectivity index (χ0n) is 17.4. The Bertz CT molecular complexity index is 877. The number of ether oxygens (including phenoxy) is 2. The van der Waals surface area contributed by atoms with Gasteiger partial charge in [-0.05, 0) is 31.5 Å². The van der Waals surface area contributed by atoms with Gasteiger partial charge in [-0.25, -0.2) is 5.32 Å². The molecule has 0 saturated carbocycles. The van der Waals surface area contributed by atoms with Crippen LogP contribution in [0.1, 0.15) is 25.3 Å². The molecule has 1 aliphatic heterocycles. The minimum Gasteiger partial charge on any atom is -0.466 e. The van der Waals surface area contributed by atoms with Crippen molar-refractivity contribution in [3.63, 3.8) is 0 Å². The van der Waals surface area contributed by atoms with Crippen LogP contribution in [0.15, 0.2) is 18.2 Å². The van der Waals surface area contributed by atoms with Crippen molar-refractivity contribution in [2.45, 2.75) is 43.6 Å². The molecule has 1 unspecified atom stereocenters. The van der Waals surface area contributed by atoms with E-state index in [4.69, 9.17) is 23.2 Å². The fourth-order valence-electron chi connectivity index (χ4n) is 3.91. The normalized spacial score (nSPS) is 30.1. The number of hydrogen-bond acceptors (Lipinski definition) is 7. The van der Waals surface area contributed by atoms with Crippen LogP contribution in [0.3, 0.4) is 0 Å². The number of hydrogen-bond donors (Lipinski definition) is 3. The van der Waals surface area contributed by atoms with Crippen LogP contribution in [0.2, 0.25) is 10.0 Å². The Morgan fingerprint density at radius 3 is 1.56 bits per heavy atom. The van der Waals surface area contributed by atoms with Gasteiger partial charge < -0.3 is 19.7 Å². The zero-order chi connectivity index (χ0) is 26.3. The molecule has 15 heteroatoms. The van der Waals surface area contributed by atoms with Gasteiger partial charge in [-0.2, -0.15) is 26.3 Å². The molecule has 0 amide bonds. The lowest BCUT2D eigenvalue weighted by molar-refractivity contribution is -0.376. The third-order valence-corrected chi connectivity index (χ3v) is 5.94. The van der Waals surface area contributed by atoms with E-state index in [2.05, 4.69) is 9.47 Å². The van der Waals surface area contributed by atoms with Gasteiger partial charge >= 0.3 is 24.3 Å². The maximum atomic E-state index is 14.1. The molecule has 0 spiro atoms. The van der Waals surface area contributed by atoms with Gasteiger partial charge in [0.2, 0.25) is 11.4 Å². The molecule has 0 aromatic heterocycles. The molecule has 1 aromatic rings. The quantitative estimate of drug-likeness (QED) is 0.387. The number of aliphatic hydroxyl groups is 2. The summed E-state index contributed by atoms with van der Waals surface area (Å²) in [6.07, 6.45) is -12.0. The molecule has 0 radical (unpaired) electrons. The predicted octanol–water partition coefficient (Wildman–Crippen LogP) is 3.54. The van der Waals surface area contributed by atoms with Crippen molar-refractivity contribution >= 4 is 35.1 Å². The molecule has 3 N–H and O–H groups in total. The largest absolute Gasteiger partial charge is 0.466 e. The Balaban J connectivity index is 3.06. The zero-order valence-corrected chi connectivity index (χ0v) is 18.9. The van der Waals surface area contributed by atoms with Gasteiger partial charge in [-0.15, -0.1) is 0 Å². The summed E-state index contributed by atoms with van der Waals surface area (Å²) in [7, 11) is 0. The average molecular weight is 542 g/mol. The third-order valence-electron chi connectivity index (χ3n) is 5.28. The highest BCUT2D eigenvalue weighted by atomic mass is 35.5. The molecule has 7 nitrogen and oxygen atoms in total. The van der Waals surface area contributed by atoms with E-state index in [-0.39, 0.29) is 0 Å². The second-order valence-electron chi connectivity index (χ2n) is 7.27. The van der Waals surface area contributed by atoms with E-state index >= 15 is 0 Å². The summed E-state index contributed by atoms with van der Waals surface area (Å²) in [5.41, 5.74) is -10.2. The first-order valence-electron chi connectivity index (χ1n) is 9.62. The van der Waals surface area contributed by atoms with Crippen LogP contribution in [0.5, 0.6) is 0 Å². The molecule has 34 heavy (non-hydrogen) atoms. The van der Waals surface area contributed by atoms with Gasteiger partial charge in [0.15, 0.2) is 0 Å². The minimum absolute atomic E-state index is 0.542. The third kappa shape index (κ3) is 4.68. The molecule has 1 aliphatic rings. The first kappa shape index (κ1) is 28.4. The molecule has 0 aliphatic carbocycles. The Kier molecular flexibility index (Phi) is 8.10. The Morgan fingerprint density at radius 1 is 0.912 bits per heavy atom. The topological polar surface area (TPSA) is 105 Å². The van der Waals surface area contributed by atoms with Gasteiger partial charge in [-0.3, -0.25) is 9.59 Å². The molecular weight excluding hydrogens is 523 g/mol. The van der Waals surface area contributed by atoms with E-state index in [0.29, 0.717) is 5.32 Å². The van der Waals surface area contributed by atoms with Crippen LogP contribution < -0.4 is 5.32 Å². The van der Waals surface area contributed by atoms with Crippen molar-refractivity contribution in [2.24, 2.45) is 11.8 Å². The number of alkyl halides is 6. The maximum absolute atomic E-state index is 14.1. The standard InChI is InChI=1S/C19H19Cl2F6NO6/c1-3-33-14(29)12-11(10-8(20)6-5-7-9(10)21)13(15(30)34-4-2)17(32,19(25,26)27)28-16(12,31)18(22,23)24/h5-7,11-13,28,31-32H,3-4H2,1-2H3/t11?,12-,13+,16-,17-/m0/s1. The van der Waals surface area contributed by atoms with Crippen molar-refractivity contribution in [3.05, 3.63) is 33.8 Å². The molecule has 1 fully saturated rings. The summed E-state index contributed by atoms with van der Waals surface area (Å²) in [5.74, 6) is -12.3. The number of carbonyl (C=O) groups is 2. The predicted molar refractivity (Wildman–Crippen MR) is 105 cm³/mol. The van der Waals surface area contributed by atoms with Gasteiger partial charge in [0.25, 0.3) is 0 Å². The first-order chi connectivity index (χ1) is 15.5. The van der Waals surface area contributed by atoms with E-state index < -0.39 is 82.3 Å². The summed E-state index contributed by atoms with van der Waals surface area (Å²) >= 11 is 12.1. The lowest BCUT2D eigenvalue weighted by atomic mass is 9.64. The number of rotatable bonds is 5. The highest BCUT2D eigenvalue weighted by Gasteiger charge is 2.78. The molecule has 0 bridgehead atoms. The maximum Gasteiger partial charge on any atom is 0.432 e. The molecule has 1 heterocycles. The van der Waals surface area contributed by atoms with E-state index in [9.17, 15) is 46.1 Å². The average Bonchev–Trinajstić information content (AvgIpc) is 2.66. The molecule has 1 saturated heterocycles. The van der Waals surface area contributed by atoms with Crippen LogP contribution >= 0.6 is 23.2 Å². The van der Waals surface area contributed by atoms with Crippen molar-refractivity contribution in [3.8, 4) is 0 Å². The van der Waals surface area contributed by atoms with E-state index in [0.717, 1.165) is 12.1 Å². The Morgan fingerprint density at radius 2 is 1.26 bits per heavy atom. The second-order valence-corrected chi connectivity index (χ2v) is 8.09. The molecule has 1 aromatic carbocycles. The summed E-state index contributed by atoms with van der Waals surface area (Å²) < 4.78 is 93.8. The number of halogens is 8. The number of esters is 2. The smallest absolute Gasteiger partial charge is 0.432 e. The number of carbonyl (C=O) groups excluding carboxylic acids is 2. The van der Waals surface area contributed by atoms with Gasteiger partial charge in [0.1, 0.15) is 11.8 Å². The molecule has 192 valence electrons. The van der Waals surface area contributed by atoms with E-state index in [1.165, 1.54) is 19.9 Å². The van der Waals surface area contributed by atoms with E-state index in [1.807, 2.05) is 0 Å². The summed E-state index contributed by atoms with van der Waals surface area (Å²) in [6, 6.07) is 3.24. The SMILES string of the molecule is CCOC(=O)[C@@H]1C(c2c(Cl)cccc2Cl)[C@H](C(=O)OCC)[C@](O)(C(F)(F)F)N[C@@]1(O)C(F)(F)F. The molecule has 2 rings (SSSR count). The lowest BCUT2D eigenvalue weighted by Gasteiger charge is -2.54. The Labute approximate surface area is 198 Å². The Hall–Kier alpha value is -1.80. The van der Waals surface area contributed by atoms with Gasteiger partial charge in [0, 0.05) is 16.0 Å². The van der Waals surface area contributed by atoms with Crippen molar-refractivity contribution in [1.82, 2.24) is 5.32 Å². The monoisotopic (exact) mass is 541 g/mol. The van der Waals surface area contributed by atoms with Crippen molar-refractivity contribution in [2.75, 3.05) is 13.2 Å². The molecule has 5 atom stereocenters. The van der Waals surface area contributed by atoms with Crippen LogP contribution in [0, 0.1) is 11.8 Å².